The third-order valence-electron chi connectivity index (χ3n) is 4.27. The Hall–Kier alpha value is -2.76. The molecule has 162 valence electrons. The molecule has 0 bridgehead atoms. The summed E-state index contributed by atoms with van der Waals surface area (Å²) >= 11 is 7.69. The number of thiocarbonyl (C=S) groups is 1. The number of hydrogen-bond donors (Lipinski definition) is 1. The van der Waals surface area contributed by atoms with E-state index in [1.807, 2.05) is 0 Å². The molecule has 1 aliphatic rings. The molecule has 1 fully saturated rings. The van der Waals surface area contributed by atoms with Gasteiger partial charge in [0.2, 0.25) is 5.91 Å². The molecule has 0 saturated carbocycles. The molecule has 2 aromatic rings. The third kappa shape index (κ3) is 5.49. The molecule has 11 heteroatoms. The van der Waals surface area contributed by atoms with Crippen LogP contribution in [0.25, 0.3) is 6.08 Å². The predicted octanol–water partition coefficient (Wildman–Crippen LogP) is 3.90. The highest BCUT2D eigenvalue weighted by atomic mass is 32.2. The van der Waals surface area contributed by atoms with Gasteiger partial charge < -0.3 is 9.84 Å². The van der Waals surface area contributed by atoms with Crippen LogP contribution < -0.4 is 9.64 Å². The first kappa shape index (κ1) is 22.9. The largest absolute Gasteiger partial charge is 0.497 e. The summed E-state index contributed by atoms with van der Waals surface area (Å²) in [7, 11) is 1.57. The molecule has 3 rings (SSSR count). The highest BCUT2D eigenvalue weighted by molar-refractivity contribution is 8.26. The number of ether oxygens (including phenoxy) is 1. The highest BCUT2D eigenvalue weighted by Crippen LogP contribution is 2.35. The van der Waals surface area contributed by atoms with Crippen molar-refractivity contribution < 1.29 is 24.2 Å². The minimum absolute atomic E-state index is 0.0300. The summed E-state index contributed by atoms with van der Waals surface area (Å²) in [6.07, 6.45) is 1.92. The minimum Gasteiger partial charge on any atom is -0.497 e. The van der Waals surface area contributed by atoms with Crippen LogP contribution in [0, 0.1) is 0 Å². The quantitative estimate of drug-likeness (QED) is 0.451. The first-order valence-corrected chi connectivity index (χ1v) is 11.3. The molecular formula is C20H19N3O5S3. The fraction of sp³-hybridized carbons (Fsp3) is 0.250. The number of amides is 2. The Morgan fingerprint density at radius 2 is 2.03 bits per heavy atom. The lowest BCUT2D eigenvalue weighted by Gasteiger charge is -2.18. The van der Waals surface area contributed by atoms with Crippen molar-refractivity contribution in [3.63, 3.8) is 0 Å². The highest BCUT2D eigenvalue weighted by Gasteiger charge is 2.32. The molecule has 1 aromatic carbocycles. The first-order valence-electron chi connectivity index (χ1n) is 9.17. The van der Waals surface area contributed by atoms with Gasteiger partial charge in [-0.15, -0.1) is 11.3 Å². The monoisotopic (exact) mass is 477 g/mol. The number of nitrogens with zero attached hydrogens (tertiary/aromatic N) is 3. The molecule has 2 heterocycles. The molecule has 0 spiro atoms. The van der Waals surface area contributed by atoms with Gasteiger partial charge >= 0.3 is 5.97 Å². The van der Waals surface area contributed by atoms with Gasteiger partial charge in [0, 0.05) is 25.3 Å². The van der Waals surface area contributed by atoms with E-state index in [1.165, 1.54) is 28.1 Å². The van der Waals surface area contributed by atoms with Crippen LogP contribution in [0.4, 0.5) is 10.8 Å². The number of anilines is 2. The minimum atomic E-state index is -0.914. The van der Waals surface area contributed by atoms with Gasteiger partial charge in [-0.1, -0.05) is 24.0 Å². The zero-order valence-corrected chi connectivity index (χ0v) is 19.2. The summed E-state index contributed by atoms with van der Waals surface area (Å²) in [5.74, 6) is -0.704. The number of carboxylic acids is 1. The maximum Gasteiger partial charge on any atom is 0.303 e. The van der Waals surface area contributed by atoms with E-state index in [4.69, 9.17) is 22.1 Å². The zero-order valence-electron chi connectivity index (χ0n) is 16.7. The Kier molecular flexibility index (Phi) is 7.42. The van der Waals surface area contributed by atoms with Gasteiger partial charge in [-0.05, 0) is 36.8 Å². The van der Waals surface area contributed by atoms with Crippen LogP contribution in [0.15, 0.2) is 34.6 Å². The Labute approximate surface area is 192 Å². The molecular weight excluding hydrogens is 458 g/mol. The van der Waals surface area contributed by atoms with Crippen LogP contribution in [0.3, 0.4) is 0 Å². The fourth-order valence-electron chi connectivity index (χ4n) is 2.82. The normalized spacial score (nSPS) is 14.9. The van der Waals surface area contributed by atoms with Crippen molar-refractivity contribution in [2.45, 2.75) is 19.8 Å². The van der Waals surface area contributed by atoms with Crippen molar-refractivity contribution in [2.24, 2.45) is 0 Å². The average molecular weight is 478 g/mol. The van der Waals surface area contributed by atoms with Crippen LogP contribution in [-0.4, -0.2) is 50.7 Å². The standard InChI is InChI=1S/C20H19N3O5S3/c1-12(24)23(14-5-7-15(28-2)8-6-14)19-21-13(11-30-19)10-16-18(27)22(20(29)31-16)9-3-4-17(25)26/h5-8,10-11H,3-4,9H2,1-2H3,(H,25,26)/b16-10-. The van der Waals surface area contributed by atoms with Gasteiger partial charge in [-0.2, -0.15) is 0 Å². The molecule has 0 atom stereocenters. The molecule has 1 saturated heterocycles. The van der Waals surface area contributed by atoms with E-state index in [0.717, 1.165) is 11.8 Å². The summed E-state index contributed by atoms with van der Waals surface area (Å²) in [5, 5.41) is 11.0. The number of carbonyl (C=O) groups is 3. The van der Waals surface area contributed by atoms with Crippen LogP contribution in [0.2, 0.25) is 0 Å². The maximum atomic E-state index is 12.6. The SMILES string of the molecule is COc1ccc(N(C(C)=O)c2nc(/C=C3\SC(=S)N(CCCC(=O)O)C3=O)cs2)cc1. The molecule has 31 heavy (non-hydrogen) atoms. The molecule has 0 radical (unpaired) electrons. The number of aromatic nitrogens is 1. The zero-order chi connectivity index (χ0) is 22.5. The van der Waals surface area contributed by atoms with Crippen molar-refractivity contribution in [1.29, 1.82) is 0 Å². The van der Waals surface area contributed by atoms with Crippen molar-refractivity contribution in [2.75, 3.05) is 18.6 Å². The number of benzene rings is 1. The van der Waals surface area contributed by atoms with Gasteiger partial charge in [0.05, 0.1) is 23.4 Å². The van der Waals surface area contributed by atoms with E-state index in [2.05, 4.69) is 4.98 Å². The second kappa shape index (κ2) is 10.0. The Morgan fingerprint density at radius 3 is 2.65 bits per heavy atom. The van der Waals surface area contributed by atoms with Gasteiger partial charge in [-0.3, -0.25) is 24.2 Å². The summed E-state index contributed by atoms with van der Waals surface area (Å²) in [6.45, 7) is 1.71. The lowest BCUT2D eigenvalue weighted by molar-refractivity contribution is -0.137. The maximum absolute atomic E-state index is 12.6. The van der Waals surface area contributed by atoms with Gasteiger partial charge in [0.25, 0.3) is 5.91 Å². The molecule has 0 unspecified atom stereocenters. The Morgan fingerprint density at radius 1 is 1.32 bits per heavy atom. The Balaban J connectivity index is 1.78. The van der Waals surface area contributed by atoms with Crippen LogP contribution in [0.1, 0.15) is 25.5 Å². The molecule has 8 nitrogen and oxygen atoms in total. The summed E-state index contributed by atoms with van der Waals surface area (Å²) in [6, 6.07) is 7.05. The molecule has 0 aliphatic carbocycles. The van der Waals surface area contributed by atoms with E-state index >= 15 is 0 Å². The van der Waals surface area contributed by atoms with E-state index in [-0.39, 0.29) is 24.8 Å². The topological polar surface area (TPSA) is 100 Å². The second-order valence-electron chi connectivity index (χ2n) is 6.44. The van der Waals surface area contributed by atoms with E-state index in [9.17, 15) is 14.4 Å². The number of methoxy groups -OCH3 is 1. The lowest BCUT2D eigenvalue weighted by Crippen LogP contribution is -2.29. The third-order valence-corrected chi connectivity index (χ3v) is 6.49. The number of carboxylic acid groups (broad SMARTS) is 1. The van der Waals surface area contributed by atoms with Crippen LogP contribution >= 0.6 is 35.3 Å². The van der Waals surface area contributed by atoms with E-state index in [0.29, 0.717) is 37.9 Å². The summed E-state index contributed by atoms with van der Waals surface area (Å²) in [5.41, 5.74) is 1.18. The number of thiazole rings is 1. The van der Waals surface area contributed by atoms with Crippen molar-refractivity contribution in [3.8, 4) is 5.75 Å². The molecule has 1 N–H and O–H groups in total. The van der Waals surface area contributed by atoms with Crippen molar-refractivity contribution >= 4 is 74.3 Å². The smallest absolute Gasteiger partial charge is 0.303 e. The molecule has 1 aliphatic heterocycles. The van der Waals surface area contributed by atoms with E-state index in [1.54, 1.807) is 42.8 Å². The Bertz CT molecular complexity index is 1050. The number of hydrogen-bond acceptors (Lipinski definition) is 8. The lowest BCUT2D eigenvalue weighted by atomic mass is 10.3. The second-order valence-corrected chi connectivity index (χ2v) is 8.95. The van der Waals surface area contributed by atoms with Crippen molar-refractivity contribution in [1.82, 2.24) is 9.88 Å². The average Bonchev–Trinajstić information content (AvgIpc) is 3.28. The van der Waals surface area contributed by atoms with Gasteiger partial charge in [-0.25, -0.2) is 4.98 Å². The van der Waals surface area contributed by atoms with Gasteiger partial charge in [0.1, 0.15) is 10.1 Å². The van der Waals surface area contributed by atoms with Gasteiger partial charge in [0.15, 0.2) is 5.13 Å². The van der Waals surface area contributed by atoms with Crippen molar-refractivity contribution in [3.05, 3.63) is 40.2 Å². The molecule has 2 amide bonds. The predicted molar refractivity (Wildman–Crippen MR) is 125 cm³/mol. The number of rotatable bonds is 8. The number of aliphatic carboxylic acids is 1. The van der Waals surface area contributed by atoms with E-state index < -0.39 is 5.97 Å². The molecule has 1 aromatic heterocycles. The fourth-order valence-corrected chi connectivity index (χ4v) is 4.96. The summed E-state index contributed by atoms with van der Waals surface area (Å²) < 4.78 is 5.54. The first-order chi connectivity index (χ1) is 14.8. The van der Waals surface area contributed by atoms with Crippen LogP contribution in [-0.2, 0) is 14.4 Å². The van der Waals surface area contributed by atoms with Crippen LogP contribution in [0.5, 0.6) is 5.75 Å². The number of carbonyl (C=O) groups excluding carboxylic acids is 2. The summed E-state index contributed by atoms with van der Waals surface area (Å²) in [4.78, 5) is 43.4. The number of thioether (sulfide) groups is 1.